The standard InChI is InChI=1S/C20H23FN4O2.C13H18O/c1-4-7-8-14(21)13(5-2)19-24-15(6-3)18(27-19)20(26)25-10-9-16-17(11-25)23-12-22-16;1-5-10(3)12-9-7-8-11(4)13(12)14-6-2/h4-5,7-8,12H,6,9-11H2,1-3H3,(H,22,23);6-10H,2,5H2,1,3-4H3/b7-4-,13-5+,14-8+;. The molecule has 0 aliphatic carbocycles. The monoisotopic (exact) mass is 560 g/mol. The van der Waals surface area contributed by atoms with E-state index in [0.29, 0.717) is 37.5 Å². The molecule has 0 spiro atoms. The number of aromatic nitrogens is 3. The molecule has 218 valence electrons. The number of carbonyl (C=O) groups is 1. The third kappa shape index (κ3) is 7.51. The number of ether oxygens (including phenoxy) is 1. The van der Waals surface area contributed by atoms with Crippen LogP contribution in [0.5, 0.6) is 5.75 Å². The molecule has 2 aromatic heterocycles. The number of oxazole rings is 1. The predicted octanol–water partition coefficient (Wildman–Crippen LogP) is 8.02. The zero-order chi connectivity index (χ0) is 29.9. The van der Waals surface area contributed by atoms with E-state index >= 15 is 0 Å². The Balaban J connectivity index is 0.000000278. The van der Waals surface area contributed by atoms with Crippen LogP contribution < -0.4 is 4.74 Å². The Morgan fingerprint density at radius 2 is 2.10 bits per heavy atom. The third-order valence-electron chi connectivity index (χ3n) is 7.09. The number of carbonyl (C=O) groups excluding carboxylic acids is 1. The minimum Gasteiger partial charge on any atom is -0.465 e. The first-order valence-corrected chi connectivity index (χ1v) is 14.1. The maximum absolute atomic E-state index is 14.4. The first-order chi connectivity index (χ1) is 19.8. The van der Waals surface area contributed by atoms with E-state index in [2.05, 4.69) is 60.5 Å². The average Bonchev–Trinajstić information content (AvgIpc) is 3.64. The summed E-state index contributed by atoms with van der Waals surface area (Å²) in [6, 6.07) is 6.26. The van der Waals surface area contributed by atoms with Crippen molar-refractivity contribution >= 4 is 11.5 Å². The van der Waals surface area contributed by atoms with Gasteiger partial charge < -0.3 is 19.0 Å². The van der Waals surface area contributed by atoms with Crippen LogP contribution in [0.3, 0.4) is 0 Å². The molecule has 0 saturated carbocycles. The van der Waals surface area contributed by atoms with Gasteiger partial charge in [-0.3, -0.25) is 4.79 Å². The van der Waals surface area contributed by atoms with E-state index in [9.17, 15) is 9.18 Å². The second-order valence-electron chi connectivity index (χ2n) is 9.78. The van der Waals surface area contributed by atoms with E-state index in [1.54, 1.807) is 43.3 Å². The van der Waals surface area contributed by atoms with Crippen LogP contribution in [0.1, 0.15) is 91.6 Å². The summed E-state index contributed by atoms with van der Waals surface area (Å²) in [5.41, 5.74) is 5.12. The van der Waals surface area contributed by atoms with Crippen LogP contribution in [0.2, 0.25) is 0 Å². The predicted molar refractivity (Wildman–Crippen MR) is 161 cm³/mol. The van der Waals surface area contributed by atoms with Gasteiger partial charge in [-0.1, -0.05) is 63.8 Å². The highest BCUT2D eigenvalue weighted by atomic mass is 19.1. The number of aromatic amines is 1. The van der Waals surface area contributed by atoms with E-state index in [1.807, 2.05) is 6.92 Å². The van der Waals surface area contributed by atoms with Crippen LogP contribution >= 0.6 is 0 Å². The van der Waals surface area contributed by atoms with Crippen LogP contribution in [0.25, 0.3) is 5.57 Å². The number of halogens is 1. The summed E-state index contributed by atoms with van der Waals surface area (Å²) in [5.74, 6) is 1.10. The van der Waals surface area contributed by atoms with Crippen molar-refractivity contribution in [1.82, 2.24) is 19.9 Å². The largest absolute Gasteiger partial charge is 0.465 e. The van der Waals surface area contributed by atoms with Gasteiger partial charge in [0, 0.05) is 13.0 Å². The molecule has 41 heavy (non-hydrogen) atoms. The Hall–Kier alpha value is -4.20. The lowest BCUT2D eigenvalue weighted by molar-refractivity contribution is 0.0697. The fourth-order valence-corrected chi connectivity index (χ4v) is 4.56. The van der Waals surface area contributed by atoms with Gasteiger partial charge in [0.25, 0.3) is 5.91 Å². The van der Waals surface area contributed by atoms with Gasteiger partial charge in [0.15, 0.2) is 0 Å². The van der Waals surface area contributed by atoms with E-state index in [1.165, 1.54) is 23.5 Å². The van der Waals surface area contributed by atoms with Crippen LogP contribution in [0.15, 0.2) is 71.9 Å². The molecular weight excluding hydrogens is 519 g/mol. The maximum atomic E-state index is 14.4. The van der Waals surface area contributed by atoms with Gasteiger partial charge in [0.1, 0.15) is 11.6 Å². The Kier molecular flexibility index (Phi) is 11.4. The van der Waals surface area contributed by atoms with Crippen LogP contribution in [-0.4, -0.2) is 32.3 Å². The van der Waals surface area contributed by atoms with E-state index in [-0.39, 0.29) is 23.1 Å². The van der Waals surface area contributed by atoms with Crippen molar-refractivity contribution in [3.63, 3.8) is 0 Å². The number of allylic oxidation sites excluding steroid dienone is 6. The Labute approximate surface area is 242 Å². The highest BCUT2D eigenvalue weighted by molar-refractivity contribution is 5.93. The van der Waals surface area contributed by atoms with Gasteiger partial charge in [-0.2, -0.15) is 0 Å². The molecule has 1 atom stereocenters. The van der Waals surface area contributed by atoms with Gasteiger partial charge >= 0.3 is 0 Å². The molecule has 4 rings (SSSR count). The molecule has 8 heteroatoms. The molecule has 1 aliphatic heterocycles. The number of nitrogens with zero attached hydrogens (tertiary/aromatic N) is 3. The number of rotatable bonds is 9. The summed E-state index contributed by atoms with van der Waals surface area (Å²) < 4.78 is 25.6. The van der Waals surface area contributed by atoms with Gasteiger partial charge in [-0.25, -0.2) is 14.4 Å². The fraction of sp³-hybridized carbons (Fsp3) is 0.364. The molecule has 1 aromatic carbocycles. The van der Waals surface area contributed by atoms with Crippen molar-refractivity contribution in [2.24, 2.45) is 0 Å². The molecule has 1 amide bonds. The summed E-state index contributed by atoms with van der Waals surface area (Å²) in [4.78, 5) is 26.4. The first kappa shape index (κ1) is 31.3. The third-order valence-corrected chi connectivity index (χ3v) is 7.09. The van der Waals surface area contributed by atoms with Crippen LogP contribution in [-0.2, 0) is 19.4 Å². The van der Waals surface area contributed by atoms with Crippen molar-refractivity contribution in [2.75, 3.05) is 6.54 Å². The van der Waals surface area contributed by atoms with E-state index in [0.717, 1.165) is 23.6 Å². The Morgan fingerprint density at radius 3 is 2.76 bits per heavy atom. The van der Waals surface area contributed by atoms with Crippen LogP contribution in [0.4, 0.5) is 4.39 Å². The summed E-state index contributed by atoms with van der Waals surface area (Å²) in [6.45, 7) is 16.5. The van der Waals surface area contributed by atoms with Gasteiger partial charge in [-0.05, 0) is 56.7 Å². The number of para-hydroxylation sites is 1. The lowest BCUT2D eigenvalue weighted by Crippen LogP contribution is -2.36. The summed E-state index contributed by atoms with van der Waals surface area (Å²) in [7, 11) is 0. The molecule has 1 N–H and O–H groups in total. The molecule has 0 bridgehead atoms. The second-order valence-corrected chi connectivity index (χ2v) is 9.78. The topological polar surface area (TPSA) is 84.2 Å². The molecule has 3 aromatic rings. The number of fused-ring (bicyclic) bond motifs is 1. The first-order valence-electron chi connectivity index (χ1n) is 14.1. The lowest BCUT2D eigenvalue weighted by Gasteiger charge is -2.25. The van der Waals surface area contributed by atoms with Crippen LogP contribution in [0, 0.1) is 6.92 Å². The maximum Gasteiger partial charge on any atom is 0.291 e. The number of aryl methyl sites for hydroxylation is 2. The number of amides is 1. The highest BCUT2D eigenvalue weighted by Gasteiger charge is 2.29. The Morgan fingerprint density at radius 1 is 1.32 bits per heavy atom. The quantitative estimate of drug-likeness (QED) is 0.212. The normalized spacial score (nSPS) is 14.4. The zero-order valence-corrected chi connectivity index (χ0v) is 25.0. The number of H-pyrrole nitrogens is 1. The number of nitrogens with one attached hydrogen (secondary N) is 1. The number of hydrogen-bond acceptors (Lipinski definition) is 5. The fourth-order valence-electron chi connectivity index (χ4n) is 4.56. The van der Waals surface area contributed by atoms with Gasteiger partial charge in [0.2, 0.25) is 11.7 Å². The van der Waals surface area contributed by atoms with Gasteiger partial charge in [-0.15, -0.1) is 0 Å². The molecule has 1 unspecified atom stereocenters. The molecule has 3 heterocycles. The van der Waals surface area contributed by atoms with Crippen molar-refractivity contribution in [3.8, 4) is 5.75 Å². The lowest BCUT2D eigenvalue weighted by atomic mass is 9.96. The highest BCUT2D eigenvalue weighted by Crippen LogP contribution is 2.32. The SMILES string of the molecule is C=COc1c(C)cccc1C(C)CC.C\C=C/C=C(F)\C(=C/C)c1nc(CC)c(C(=O)N2CCc3nc[nH]c3C2)o1. The van der Waals surface area contributed by atoms with E-state index < -0.39 is 5.83 Å². The van der Waals surface area contributed by atoms with Crippen molar-refractivity contribution in [1.29, 1.82) is 0 Å². The minimum absolute atomic E-state index is 0.121. The van der Waals surface area contributed by atoms with Crippen molar-refractivity contribution in [3.05, 3.63) is 107 Å². The minimum atomic E-state index is -0.460. The smallest absolute Gasteiger partial charge is 0.291 e. The Bertz CT molecular complexity index is 1430. The molecule has 0 fully saturated rings. The number of benzene rings is 1. The van der Waals surface area contributed by atoms with Gasteiger partial charge in [0.05, 0.1) is 41.8 Å². The average molecular weight is 561 g/mol. The van der Waals surface area contributed by atoms with E-state index in [4.69, 9.17) is 9.15 Å². The summed E-state index contributed by atoms with van der Waals surface area (Å²) in [5, 5.41) is 0. The molecule has 0 radical (unpaired) electrons. The summed E-state index contributed by atoms with van der Waals surface area (Å²) >= 11 is 0. The molecule has 7 nitrogen and oxygen atoms in total. The molecular formula is C33H41FN4O3. The van der Waals surface area contributed by atoms with Crippen molar-refractivity contribution in [2.45, 2.75) is 73.3 Å². The molecule has 1 aliphatic rings. The number of imidazole rings is 1. The molecule has 0 saturated heterocycles. The second kappa shape index (κ2) is 15.0. The zero-order valence-electron chi connectivity index (χ0n) is 25.0. The van der Waals surface area contributed by atoms with Crippen molar-refractivity contribution < 1.29 is 18.3 Å². The number of hydrogen-bond donors (Lipinski definition) is 1. The summed E-state index contributed by atoms with van der Waals surface area (Å²) in [6.07, 6.45) is 11.7.